The van der Waals surface area contributed by atoms with Gasteiger partial charge < -0.3 is 20.5 Å². The van der Waals surface area contributed by atoms with E-state index in [0.29, 0.717) is 5.96 Å². The zero-order valence-corrected chi connectivity index (χ0v) is 19.0. The minimum Gasteiger partial charge on any atom is -0.379 e. The van der Waals surface area contributed by atoms with Crippen molar-refractivity contribution in [1.82, 2.24) is 15.1 Å². The molecule has 3 fully saturated rings. The Morgan fingerprint density at radius 1 is 0.963 bits per heavy atom. The molecule has 0 atom stereocenters. The molecular formula is C19H38IN5O2. The smallest absolute Gasteiger partial charge is 0.188 e. The molecule has 1 aliphatic carbocycles. The second-order valence-corrected chi connectivity index (χ2v) is 7.82. The molecule has 3 N–H and O–H groups in total. The highest BCUT2D eigenvalue weighted by atomic mass is 127. The standard InChI is InChI=1S/C19H37N5O2.HI/c20-18(21-7-4-8-23-9-13-25-14-10-23)22-17-19(5-2-1-3-6-19)24-11-15-26-16-12-24;/h1-17H2,(H3,20,21,22);1H. The molecule has 8 heteroatoms. The Morgan fingerprint density at radius 3 is 2.26 bits per heavy atom. The van der Waals surface area contributed by atoms with Crippen molar-refractivity contribution in [2.75, 3.05) is 72.2 Å². The van der Waals surface area contributed by atoms with E-state index in [-0.39, 0.29) is 29.5 Å². The van der Waals surface area contributed by atoms with Crippen molar-refractivity contribution in [2.45, 2.75) is 44.1 Å². The minimum absolute atomic E-state index is 0. The molecule has 0 spiro atoms. The van der Waals surface area contributed by atoms with Gasteiger partial charge in [0.15, 0.2) is 5.96 Å². The summed E-state index contributed by atoms with van der Waals surface area (Å²) in [6.45, 7) is 10.4. The average Bonchev–Trinajstić information content (AvgIpc) is 2.72. The molecular weight excluding hydrogens is 457 g/mol. The lowest BCUT2D eigenvalue weighted by atomic mass is 9.80. The first-order chi connectivity index (χ1) is 12.8. The number of halogens is 1. The molecule has 0 radical (unpaired) electrons. The summed E-state index contributed by atoms with van der Waals surface area (Å²) < 4.78 is 10.9. The number of morpholine rings is 2. The molecule has 2 aliphatic heterocycles. The van der Waals surface area contributed by atoms with Crippen LogP contribution in [0.4, 0.5) is 0 Å². The normalized spacial score (nSPS) is 25.0. The van der Waals surface area contributed by atoms with Gasteiger partial charge in [0.25, 0.3) is 0 Å². The SMILES string of the molecule is I.NC(=NCC1(N2CCOCC2)CCCCC1)NCCCN1CCOCC1. The lowest BCUT2D eigenvalue weighted by molar-refractivity contribution is -0.0333. The van der Waals surface area contributed by atoms with Crippen LogP contribution in [0.3, 0.4) is 0 Å². The van der Waals surface area contributed by atoms with Crippen molar-refractivity contribution >= 4 is 29.9 Å². The molecule has 0 aromatic carbocycles. The molecule has 7 nitrogen and oxygen atoms in total. The summed E-state index contributed by atoms with van der Waals surface area (Å²) in [5.41, 5.74) is 6.36. The predicted molar refractivity (Wildman–Crippen MR) is 120 cm³/mol. The third-order valence-corrected chi connectivity index (χ3v) is 6.07. The second kappa shape index (κ2) is 12.4. The summed E-state index contributed by atoms with van der Waals surface area (Å²) in [6.07, 6.45) is 7.52. The van der Waals surface area contributed by atoms with Gasteiger partial charge in [0, 0.05) is 38.3 Å². The van der Waals surface area contributed by atoms with E-state index in [1.54, 1.807) is 0 Å². The van der Waals surface area contributed by atoms with Gasteiger partial charge in [0.1, 0.15) is 0 Å². The van der Waals surface area contributed by atoms with Crippen molar-refractivity contribution in [3.8, 4) is 0 Å². The number of nitrogens with one attached hydrogen (secondary N) is 1. The number of ether oxygens (including phenoxy) is 2. The molecule has 0 aromatic heterocycles. The highest BCUT2D eigenvalue weighted by Gasteiger charge is 2.38. The molecule has 1 saturated carbocycles. The Balaban J connectivity index is 0.00000261. The van der Waals surface area contributed by atoms with Crippen LogP contribution < -0.4 is 11.1 Å². The Kier molecular flexibility index (Phi) is 10.6. The number of rotatable bonds is 7. The molecule has 2 saturated heterocycles. The van der Waals surface area contributed by atoms with Gasteiger partial charge in [-0.05, 0) is 25.8 Å². The van der Waals surface area contributed by atoms with Crippen LogP contribution in [0.5, 0.6) is 0 Å². The lowest BCUT2D eigenvalue weighted by Gasteiger charge is -2.47. The van der Waals surface area contributed by atoms with E-state index in [2.05, 4.69) is 15.1 Å². The zero-order valence-electron chi connectivity index (χ0n) is 16.7. The topological polar surface area (TPSA) is 75.3 Å². The molecule has 0 amide bonds. The number of aliphatic imine (C=N–C) groups is 1. The van der Waals surface area contributed by atoms with Crippen LogP contribution in [0, 0.1) is 0 Å². The van der Waals surface area contributed by atoms with Gasteiger partial charge in [0.05, 0.1) is 33.0 Å². The third-order valence-electron chi connectivity index (χ3n) is 6.07. The fourth-order valence-corrected chi connectivity index (χ4v) is 4.45. The van der Waals surface area contributed by atoms with E-state index < -0.39 is 0 Å². The largest absolute Gasteiger partial charge is 0.379 e. The number of nitrogens with zero attached hydrogens (tertiary/aromatic N) is 3. The number of nitrogens with two attached hydrogens (primary N) is 1. The maximum absolute atomic E-state index is 6.16. The maximum Gasteiger partial charge on any atom is 0.188 e. The van der Waals surface area contributed by atoms with Gasteiger partial charge >= 0.3 is 0 Å². The number of guanidine groups is 1. The van der Waals surface area contributed by atoms with Gasteiger partial charge in [-0.1, -0.05) is 19.3 Å². The van der Waals surface area contributed by atoms with Crippen molar-refractivity contribution in [3.63, 3.8) is 0 Å². The fraction of sp³-hybridized carbons (Fsp3) is 0.947. The summed E-state index contributed by atoms with van der Waals surface area (Å²) in [6, 6.07) is 0. The van der Waals surface area contributed by atoms with E-state index in [9.17, 15) is 0 Å². The van der Waals surface area contributed by atoms with Crippen molar-refractivity contribution in [2.24, 2.45) is 10.7 Å². The monoisotopic (exact) mass is 495 g/mol. The molecule has 3 rings (SSSR count). The Hall–Kier alpha value is -0.160. The molecule has 3 aliphatic rings. The van der Waals surface area contributed by atoms with Crippen LogP contribution in [-0.4, -0.2) is 93.5 Å². The molecule has 2 heterocycles. The van der Waals surface area contributed by atoms with Gasteiger partial charge in [-0.2, -0.15) is 0 Å². The maximum atomic E-state index is 6.16. The predicted octanol–water partition coefficient (Wildman–Crippen LogP) is 1.27. The minimum atomic E-state index is 0. The Labute approximate surface area is 181 Å². The third kappa shape index (κ3) is 7.30. The van der Waals surface area contributed by atoms with Crippen molar-refractivity contribution in [1.29, 1.82) is 0 Å². The number of hydrogen-bond acceptors (Lipinski definition) is 5. The van der Waals surface area contributed by atoms with Crippen LogP contribution in [0.1, 0.15) is 38.5 Å². The number of hydrogen-bond donors (Lipinski definition) is 2. The lowest BCUT2D eigenvalue weighted by Crippen LogP contribution is -2.56. The summed E-state index contributed by atoms with van der Waals surface area (Å²) in [5, 5.41) is 3.31. The molecule has 0 aromatic rings. The van der Waals surface area contributed by atoms with Crippen molar-refractivity contribution < 1.29 is 9.47 Å². The van der Waals surface area contributed by atoms with E-state index in [4.69, 9.17) is 20.2 Å². The van der Waals surface area contributed by atoms with Gasteiger partial charge in [-0.3, -0.25) is 14.8 Å². The highest BCUT2D eigenvalue weighted by molar-refractivity contribution is 14.0. The van der Waals surface area contributed by atoms with E-state index in [1.807, 2.05) is 0 Å². The van der Waals surface area contributed by atoms with Crippen LogP contribution >= 0.6 is 24.0 Å². The van der Waals surface area contributed by atoms with Crippen LogP contribution in [0.15, 0.2) is 4.99 Å². The second-order valence-electron chi connectivity index (χ2n) is 7.82. The fourth-order valence-electron chi connectivity index (χ4n) is 4.45. The van der Waals surface area contributed by atoms with E-state index >= 15 is 0 Å². The summed E-state index contributed by atoms with van der Waals surface area (Å²) in [4.78, 5) is 9.82. The molecule has 0 unspecified atom stereocenters. The Bertz CT molecular complexity index is 434. The summed E-state index contributed by atoms with van der Waals surface area (Å²) >= 11 is 0. The van der Waals surface area contributed by atoms with E-state index in [0.717, 1.165) is 78.7 Å². The first-order valence-electron chi connectivity index (χ1n) is 10.5. The summed E-state index contributed by atoms with van der Waals surface area (Å²) in [7, 11) is 0. The first-order valence-corrected chi connectivity index (χ1v) is 10.5. The molecule has 27 heavy (non-hydrogen) atoms. The van der Waals surface area contributed by atoms with Gasteiger partial charge in [-0.15, -0.1) is 24.0 Å². The summed E-state index contributed by atoms with van der Waals surface area (Å²) in [5.74, 6) is 0.602. The van der Waals surface area contributed by atoms with E-state index in [1.165, 1.54) is 32.1 Å². The highest BCUT2D eigenvalue weighted by Crippen LogP contribution is 2.34. The average molecular weight is 495 g/mol. The first kappa shape index (κ1) is 23.1. The van der Waals surface area contributed by atoms with Gasteiger partial charge in [-0.25, -0.2) is 0 Å². The van der Waals surface area contributed by atoms with Crippen molar-refractivity contribution in [3.05, 3.63) is 0 Å². The quantitative estimate of drug-likeness (QED) is 0.240. The molecule has 158 valence electrons. The molecule has 0 bridgehead atoms. The zero-order chi connectivity index (χ0) is 18.1. The van der Waals surface area contributed by atoms with Crippen LogP contribution in [0.25, 0.3) is 0 Å². The van der Waals surface area contributed by atoms with Gasteiger partial charge in [0.2, 0.25) is 0 Å². The van der Waals surface area contributed by atoms with Crippen LogP contribution in [-0.2, 0) is 9.47 Å². The van der Waals surface area contributed by atoms with Crippen LogP contribution in [0.2, 0.25) is 0 Å². The Morgan fingerprint density at radius 2 is 1.59 bits per heavy atom.